The van der Waals surface area contributed by atoms with Crippen molar-refractivity contribution in [3.05, 3.63) is 11.9 Å². The maximum Gasteiger partial charge on any atom is 0.274 e. The lowest BCUT2D eigenvalue weighted by molar-refractivity contribution is 0.0613. The van der Waals surface area contributed by atoms with Crippen LogP contribution in [0.4, 0.5) is 5.69 Å². The van der Waals surface area contributed by atoms with Crippen molar-refractivity contribution in [1.29, 1.82) is 0 Å². The largest absolute Gasteiger partial charge is 0.396 e. The van der Waals surface area contributed by atoms with E-state index in [1.165, 1.54) is 0 Å². The molecule has 0 atom stereocenters. The van der Waals surface area contributed by atoms with Crippen molar-refractivity contribution in [2.45, 2.75) is 27.3 Å². The molecule has 1 aliphatic heterocycles. The Hall–Kier alpha value is -1.56. The van der Waals surface area contributed by atoms with Gasteiger partial charge in [0.15, 0.2) is 0 Å². The van der Waals surface area contributed by atoms with Crippen molar-refractivity contribution < 1.29 is 4.79 Å². The molecular formula is C14H25N5O. The Labute approximate surface area is 120 Å². The molecule has 1 aliphatic rings. The average molecular weight is 279 g/mol. The minimum Gasteiger partial charge on any atom is -0.396 e. The number of hydrogen-bond acceptors (Lipinski definition) is 4. The van der Waals surface area contributed by atoms with E-state index in [0.29, 0.717) is 23.8 Å². The van der Waals surface area contributed by atoms with Crippen LogP contribution in [-0.4, -0.2) is 58.2 Å². The highest BCUT2D eigenvalue weighted by atomic mass is 16.2. The van der Waals surface area contributed by atoms with Crippen LogP contribution < -0.4 is 5.73 Å². The number of hydrogen-bond donors (Lipinski definition) is 1. The van der Waals surface area contributed by atoms with E-state index in [4.69, 9.17) is 5.73 Å². The molecule has 1 aromatic heterocycles. The molecule has 2 heterocycles. The minimum atomic E-state index is 0.00560. The van der Waals surface area contributed by atoms with Crippen molar-refractivity contribution >= 4 is 11.6 Å². The Bertz CT molecular complexity index is 460. The van der Waals surface area contributed by atoms with Crippen LogP contribution in [0.3, 0.4) is 0 Å². The van der Waals surface area contributed by atoms with Gasteiger partial charge in [0.2, 0.25) is 0 Å². The third-order valence-electron chi connectivity index (χ3n) is 3.65. The maximum absolute atomic E-state index is 12.6. The summed E-state index contributed by atoms with van der Waals surface area (Å²) >= 11 is 0. The molecule has 2 rings (SSSR count). The molecule has 0 unspecified atom stereocenters. The van der Waals surface area contributed by atoms with E-state index >= 15 is 0 Å². The zero-order valence-corrected chi connectivity index (χ0v) is 12.7. The zero-order valence-electron chi connectivity index (χ0n) is 12.7. The molecule has 6 nitrogen and oxygen atoms in total. The third-order valence-corrected chi connectivity index (χ3v) is 3.65. The van der Waals surface area contributed by atoms with Gasteiger partial charge >= 0.3 is 0 Å². The molecule has 1 aromatic rings. The first-order valence-corrected chi connectivity index (χ1v) is 7.35. The molecule has 0 spiro atoms. The van der Waals surface area contributed by atoms with Crippen LogP contribution in [-0.2, 0) is 6.54 Å². The monoisotopic (exact) mass is 279 g/mol. The van der Waals surface area contributed by atoms with Crippen molar-refractivity contribution in [2.24, 2.45) is 5.92 Å². The molecule has 1 amide bonds. The normalized spacial score (nSPS) is 16.9. The minimum absolute atomic E-state index is 0.00560. The molecule has 1 fully saturated rings. The van der Waals surface area contributed by atoms with Gasteiger partial charge in [-0.1, -0.05) is 13.8 Å². The highest BCUT2D eigenvalue weighted by molar-refractivity contribution is 5.97. The number of carbonyl (C=O) groups excluding carboxylic acids is 1. The Kier molecular flexibility index (Phi) is 4.65. The molecule has 0 radical (unpaired) electrons. The number of aryl methyl sites for hydroxylation is 1. The highest BCUT2D eigenvalue weighted by Crippen LogP contribution is 2.15. The van der Waals surface area contributed by atoms with Gasteiger partial charge in [-0.2, -0.15) is 5.10 Å². The summed E-state index contributed by atoms with van der Waals surface area (Å²) in [5.74, 6) is 0.667. The van der Waals surface area contributed by atoms with E-state index in [2.05, 4.69) is 23.8 Å². The first-order valence-electron chi connectivity index (χ1n) is 7.35. The Morgan fingerprint density at radius 1 is 1.35 bits per heavy atom. The van der Waals surface area contributed by atoms with Gasteiger partial charge < -0.3 is 10.6 Å². The SMILES string of the molecule is CCn1ncc(N)c1C(=O)N1CCN(CC(C)C)CC1. The van der Waals surface area contributed by atoms with E-state index in [9.17, 15) is 4.79 Å². The Balaban J connectivity index is 2.00. The Morgan fingerprint density at radius 3 is 2.55 bits per heavy atom. The van der Waals surface area contributed by atoms with Crippen LogP contribution >= 0.6 is 0 Å². The van der Waals surface area contributed by atoms with Crippen molar-refractivity contribution in [2.75, 3.05) is 38.5 Å². The average Bonchev–Trinajstić information content (AvgIpc) is 2.79. The molecular weight excluding hydrogens is 254 g/mol. The second kappa shape index (κ2) is 6.26. The second-order valence-corrected chi connectivity index (χ2v) is 5.75. The van der Waals surface area contributed by atoms with Gasteiger partial charge in [-0.3, -0.25) is 14.4 Å². The number of nitrogens with zero attached hydrogens (tertiary/aromatic N) is 4. The first-order chi connectivity index (χ1) is 9.52. The van der Waals surface area contributed by atoms with Crippen LogP contribution in [0.5, 0.6) is 0 Å². The van der Waals surface area contributed by atoms with E-state index in [1.807, 2.05) is 11.8 Å². The molecule has 0 bridgehead atoms. The molecule has 0 saturated carbocycles. The van der Waals surface area contributed by atoms with Gasteiger partial charge in [0.25, 0.3) is 5.91 Å². The lowest BCUT2D eigenvalue weighted by Gasteiger charge is -2.35. The van der Waals surface area contributed by atoms with E-state index in [0.717, 1.165) is 32.7 Å². The predicted molar refractivity (Wildman–Crippen MR) is 79.5 cm³/mol. The van der Waals surface area contributed by atoms with Crippen LogP contribution in [0.2, 0.25) is 0 Å². The summed E-state index contributed by atoms with van der Waals surface area (Å²) in [5.41, 5.74) is 6.88. The lowest BCUT2D eigenvalue weighted by atomic mass is 10.2. The predicted octanol–water partition coefficient (Wildman–Crippen LogP) is 0.899. The van der Waals surface area contributed by atoms with Gasteiger partial charge in [0.05, 0.1) is 11.9 Å². The van der Waals surface area contributed by atoms with E-state index < -0.39 is 0 Å². The van der Waals surface area contributed by atoms with E-state index in [-0.39, 0.29) is 5.91 Å². The molecule has 6 heteroatoms. The summed E-state index contributed by atoms with van der Waals surface area (Å²) < 4.78 is 1.68. The summed E-state index contributed by atoms with van der Waals surface area (Å²) in [6.07, 6.45) is 1.56. The number of piperazine rings is 1. The number of nitrogens with two attached hydrogens (primary N) is 1. The molecule has 1 saturated heterocycles. The molecule has 0 aromatic carbocycles. The summed E-state index contributed by atoms with van der Waals surface area (Å²) in [4.78, 5) is 16.9. The zero-order chi connectivity index (χ0) is 14.7. The highest BCUT2D eigenvalue weighted by Gasteiger charge is 2.26. The van der Waals surface area contributed by atoms with Gasteiger partial charge in [0, 0.05) is 39.3 Å². The number of rotatable bonds is 4. The summed E-state index contributed by atoms with van der Waals surface area (Å²) in [6, 6.07) is 0. The van der Waals surface area contributed by atoms with Gasteiger partial charge in [-0.15, -0.1) is 0 Å². The van der Waals surface area contributed by atoms with Crippen LogP contribution in [0, 0.1) is 5.92 Å². The van der Waals surface area contributed by atoms with Gasteiger partial charge in [-0.25, -0.2) is 0 Å². The molecule has 2 N–H and O–H groups in total. The third kappa shape index (κ3) is 3.12. The number of aromatic nitrogens is 2. The topological polar surface area (TPSA) is 67.4 Å². The summed E-state index contributed by atoms with van der Waals surface area (Å²) in [5, 5.41) is 4.14. The molecule has 20 heavy (non-hydrogen) atoms. The lowest BCUT2D eigenvalue weighted by Crippen LogP contribution is -2.49. The fraction of sp³-hybridized carbons (Fsp3) is 0.714. The number of anilines is 1. The van der Waals surface area contributed by atoms with E-state index in [1.54, 1.807) is 10.9 Å². The molecule has 0 aliphatic carbocycles. The van der Waals surface area contributed by atoms with Gasteiger partial charge in [0.1, 0.15) is 5.69 Å². The van der Waals surface area contributed by atoms with Gasteiger partial charge in [-0.05, 0) is 12.8 Å². The fourth-order valence-corrected chi connectivity index (χ4v) is 2.67. The quantitative estimate of drug-likeness (QED) is 0.889. The molecule has 112 valence electrons. The summed E-state index contributed by atoms with van der Waals surface area (Å²) in [7, 11) is 0. The number of carbonyl (C=O) groups is 1. The van der Waals surface area contributed by atoms with Crippen molar-refractivity contribution in [3.63, 3.8) is 0 Å². The van der Waals surface area contributed by atoms with Crippen LogP contribution in [0.1, 0.15) is 31.3 Å². The van der Waals surface area contributed by atoms with Crippen LogP contribution in [0.15, 0.2) is 6.20 Å². The first kappa shape index (κ1) is 14.8. The maximum atomic E-state index is 12.6. The standard InChI is InChI=1S/C14H25N5O/c1-4-19-13(12(15)9-16-19)14(20)18-7-5-17(6-8-18)10-11(2)3/h9,11H,4-8,10,15H2,1-3H3. The van der Waals surface area contributed by atoms with Crippen molar-refractivity contribution in [3.8, 4) is 0 Å². The van der Waals surface area contributed by atoms with Crippen molar-refractivity contribution in [1.82, 2.24) is 19.6 Å². The second-order valence-electron chi connectivity index (χ2n) is 5.75. The Morgan fingerprint density at radius 2 is 2.00 bits per heavy atom. The van der Waals surface area contributed by atoms with Crippen LogP contribution in [0.25, 0.3) is 0 Å². The summed E-state index contributed by atoms with van der Waals surface area (Å²) in [6.45, 7) is 11.6. The fourth-order valence-electron chi connectivity index (χ4n) is 2.67. The number of nitrogen functional groups attached to an aromatic ring is 1. The number of amides is 1. The smallest absolute Gasteiger partial charge is 0.274 e.